The average Bonchev–Trinajstić information content (AvgIpc) is 3.13. The fourth-order valence-electron chi connectivity index (χ4n) is 3.47. The molecule has 35 heavy (non-hydrogen) atoms. The number of nitrogens with zero attached hydrogens (tertiary/aromatic N) is 2. The monoisotopic (exact) mass is 474 g/mol. The smallest absolute Gasteiger partial charge is 0.149 e. The summed E-state index contributed by atoms with van der Waals surface area (Å²) >= 11 is 0. The first-order valence-electron chi connectivity index (χ1n) is 11.6. The number of fused-ring (bicyclic) bond motifs is 1. The second kappa shape index (κ2) is 12.9. The van der Waals surface area contributed by atoms with E-state index in [1.54, 1.807) is 6.07 Å². The summed E-state index contributed by atoms with van der Waals surface area (Å²) in [5.74, 6) is 6.73. The molecule has 0 aliphatic heterocycles. The Morgan fingerprint density at radius 1 is 0.914 bits per heavy atom. The molecule has 0 unspecified atom stereocenters. The molecule has 182 valence electrons. The van der Waals surface area contributed by atoms with Crippen molar-refractivity contribution >= 4 is 16.7 Å². The van der Waals surface area contributed by atoms with E-state index >= 15 is 0 Å². The van der Waals surface area contributed by atoms with Gasteiger partial charge in [-0.2, -0.15) is 5.10 Å². The zero-order valence-corrected chi connectivity index (χ0v) is 20.1. The van der Waals surface area contributed by atoms with Gasteiger partial charge in [-0.15, -0.1) is 0 Å². The van der Waals surface area contributed by atoms with Crippen LogP contribution in [0.25, 0.3) is 10.9 Å². The van der Waals surface area contributed by atoms with Gasteiger partial charge in [-0.1, -0.05) is 56.3 Å². The lowest BCUT2D eigenvalue weighted by molar-refractivity contribution is 0.204. The number of nitrogens with two attached hydrogens (primary N) is 2. The van der Waals surface area contributed by atoms with Crippen molar-refractivity contribution in [1.82, 2.24) is 4.98 Å². The van der Waals surface area contributed by atoms with Crippen molar-refractivity contribution in [3.8, 4) is 0 Å². The SMILES string of the molecule is CC.N/N=C(\N)Cc1ccccc1COC1=CCC=C(OCc2ccc3cccc(F)c3n2)C=C1. The predicted octanol–water partition coefficient (Wildman–Crippen LogP) is 5.63. The maximum absolute atomic E-state index is 14.0. The minimum Gasteiger partial charge on any atom is -0.489 e. The van der Waals surface area contributed by atoms with E-state index in [-0.39, 0.29) is 12.4 Å². The van der Waals surface area contributed by atoms with Crippen LogP contribution in [0.15, 0.2) is 95.5 Å². The molecule has 0 radical (unpaired) electrons. The van der Waals surface area contributed by atoms with E-state index < -0.39 is 0 Å². The molecule has 0 amide bonds. The number of allylic oxidation sites excluding steroid dienone is 4. The Morgan fingerprint density at radius 3 is 2.31 bits per heavy atom. The summed E-state index contributed by atoms with van der Waals surface area (Å²) in [6, 6.07) is 16.5. The third kappa shape index (κ3) is 7.17. The predicted molar refractivity (Wildman–Crippen MR) is 139 cm³/mol. The zero-order valence-electron chi connectivity index (χ0n) is 20.1. The first-order valence-corrected chi connectivity index (χ1v) is 11.6. The molecule has 0 fully saturated rings. The number of hydrogen-bond acceptors (Lipinski definition) is 5. The Labute approximate surface area is 205 Å². The number of halogens is 1. The van der Waals surface area contributed by atoms with Crippen molar-refractivity contribution in [2.45, 2.75) is 39.9 Å². The zero-order chi connectivity index (χ0) is 25.0. The lowest BCUT2D eigenvalue weighted by atomic mass is 10.0. The highest BCUT2D eigenvalue weighted by Gasteiger charge is 2.08. The molecule has 1 aliphatic carbocycles. The summed E-state index contributed by atoms with van der Waals surface area (Å²) in [5.41, 5.74) is 8.81. The van der Waals surface area contributed by atoms with Crippen molar-refractivity contribution in [2.75, 3.05) is 0 Å². The number of aromatic nitrogens is 1. The maximum atomic E-state index is 14.0. The first kappa shape index (κ1) is 25.5. The van der Waals surface area contributed by atoms with Gasteiger partial charge in [-0.25, -0.2) is 9.37 Å². The number of para-hydroxylation sites is 1. The van der Waals surface area contributed by atoms with Crippen molar-refractivity contribution in [2.24, 2.45) is 16.7 Å². The molecule has 1 aromatic heterocycles. The summed E-state index contributed by atoms with van der Waals surface area (Å²) in [6.07, 6.45) is 8.79. The van der Waals surface area contributed by atoms with Crippen molar-refractivity contribution in [3.63, 3.8) is 0 Å². The lowest BCUT2D eigenvalue weighted by Gasteiger charge is -2.11. The van der Waals surface area contributed by atoms with E-state index in [0.717, 1.165) is 22.3 Å². The third-order valence-electron chi connectivity index (χ3n) is 5.22. The van der Waals surface area contributed by atoms with Gasteiger partial charge in [0.2, 0.25) is 0 Å². The fourth-order valence-corrected chi connectivity index (χ4v) is 3.47. The molecule has 6 nitrogen and oxygen atoms in total. The number of pyridine rings is 1. The molecule has 1 aliphatic rings. The molecule has 4 N–H and O–H groups in total. The molecule has 0 spiro atoms. The van der Waals surface area contributed by atoms with Crippen LogP contribution in [0.1, 0.15) is 37.1 Å². The third-order valence-corrected chi connectivity index (χ3v) is 5.22. The number of rotatable bonds is 8. The van der Waals surface area contributed by atoms with Crippen LogP contribution in [0.3, 0.4) is 0 Å². The van der Waals surface area contributed by atoms with Gasteiger partial charge in [0.05, 0.1) is 5.69 Å². The van der Waals surface area contributed by atoms with Crippen LogP contribution in [-0.4, -0.2) is 10.8 Å². The van der Waals surface area contributed by atoms with Crippen molar-refractivity contribution in [1.29, 1.82) is 0 Å². The van der Waals surface area contributed by atoms with Gasteiger partial charge in [0.25, 0.3) is 0 Å². The highest BCUT2D eigenvalue weighted by Crippen LogP contribution is 2.19. The highest BCUT2D eigenvalue weighted by molar-refractivity contribution is 5.82. The van der Waals surface area contributed by atoms with E-state index in [4.69, 9.17) is 21.1 Å². The molecule has 0 saturated carbocycles. The second-order valence-electron chi connectivity index (χ2n) is 7.54. The molecule has 4 rings (SSSR count). The number of amidine groups is 1. The Hall–Kier alpha value is -4.13. The van der Waals surface area contributed by atoms with Gasteiger partial charge in [-0.3, -0.25) is 0 Å². The Kier molecular flexibility index (Phi) is 9.42. The molecule has 7 heteroatoms. The molecule has 0 bridgehead atoms. The molecular weight excluding hydrogens is 443 g/mol. The summed E-state index contributed by atoms with van der Waals surface area (Å²) < 4.78 is 25.9. The van der Waals surface area contributed by atoms with E-state index in [1.807, 2.05) is 80.6 Å². The number of hydrogen-bond donors (Lipinski definition) is 2. The Morgan fingerprint density at radius 2 is 1.60 bits per heavy atom. The minimum atomic E-state index is -0.339. The lowest BCUT2D eigenvalue weighted by Crippen LogP contribution is -2.18. The number of benzene rings is 2. The Balaban J connectivity index is 0.00000167. The van der Waals surface area contributed by atoms with Crippen LogP contribution in [-0.2, 0) is 29.1 Å². The van der Waals surface area contributed by atoms with Gasteiger partial charge >= 0.3 is 0 Å². The topological polar surface area (TPSA) is 95.8 Å². The van der Waals surface area contributed by atoms with Gasteiger partial charge in [0.1, 0.15) is 41.9 Å². The van der Waals surface area contributed by atoms with E-state index in [1.165, 1.54) is 6.07 Å². The normalized spacial score (nSPS) is 13.3. The molecule has 0 saturated heterocycles. The summed E-state index contributed by atoms with van der Waals surface area (Å²) in [6.45, 7) is 4.64. The quantitative estimate of drug-likeness (QED) is 0.191. The van der Waals surface area contributed by atoms with Crippen LogP contribution in [0.4, 0.5) is 4.39 Å². The maximum Gasteiger partial charge on any atom is 0.149 e. The van der Waals surface area contributed by atoms with Crippen LogP contribution in [0.5, 0.6) is 0 Å². The van der Waals surface area contributed by atoms with E-state index in [9.17, 15) is 4.39 Å². The van der Waals surface area contributed by atoms with E-state index in [2.05, 4.69) is 10.1 Å². The van der Waals surface area contributed by atoms with Gasteiger partial charge in [0.15, 0.2) is 0 Å². The van der Waals surface area contributed by atoms with Crippen LogP contribution in [0.2, 0.25) is 0 Å². The molecule has 0 atom stereocenters. The van der Waals surface area contributed by atoms with Gasteiger partial charge in [0, 0.05) is 11.8 Å². The molecule has 1 heterocycles. The minimum absolute atomic E-state index is 0.244. The van der Waals surface area contributed by atoms with Crippen LogP contribution >= 0.6 is 0 Å². The average molecular weight is 475 g/mol. The van der Waals surface area contributed by atoms with E-state index in [0.29, 0.717) is 42.3 Å². The van der Waals surface area contributed by atoms with Crippen molar-refractivity contribution < 1.29 is 13.9 Å². The fraction of sp³-hybridized carbons (Fsp3) is 0.214. The summed E-state index contributed by atoms with van der Waals surface area (Å²) in [5, 5.41) is 4.30. The standard InChI is InChI=1S/C26H25FN4O2.C2H6/c27-24-10-3-7-18-11-12-21(30-26(18)24)17-33-23-9-4-8-22(13-14-23)32-16-20-6-2-1-5-19(20)15-25(28)31-29;1-2/h1-3,5-14H,4,15-17,29H2,(H2,28,31);1-2H3. The number of hydrazone groups is 1. The van der Waals surface area contributed by atoms with Crippen molar-refractivity contribution in [3.05, 3.63) is 113 Å². The number of ether oxygens (including phenoxy) is 2. The molecule has 2 aromatic carbocycles. The highest BCUT2D eigenvalue weighted by atomic mass is 19.1. The second-order valence-corrected chi connectivity index (χ2v) is 7.54. The molecule has 3 aromatic rings. The summed E-state index contributed by atoms with van der Waals surface area (Å²) in [7, 11) is 0. The van der Waals surface area contributed by atoms with Crippen LogP contribution in [0, 0.1) is 5.82 Å². The summed E-state index contributed by atoms with van der Waals surface area (Å²) in [4.78, 5) is 4.38. The van der Waals surface area contributed by atoms with Crippen LogP contribution < -0.4 is 11.6 Å². The largest absolute Gasteiger partial charge is 0.489 e. The Bertz CT molecular complexity index is 1260. The first-order chi connectivity index (χ1) is 17.1. The van der Waals surface area contributed by atoms with Gasteiger partial charge < -0.3 is 21.1 Å². The molecular formula is C28H31FN4O2. The van der Waals surface area contributed by atoms with Gasteiger partial charge in [-0.05, 0) is 54.0 Å².